The average Bonchev–Trinajstić information content (AvgIpc) is 2.79. The molecule has 1 N–H and O–H groups in total. The molecule has 0 radical (unpaired) electrons. The smallest absolute Gasteiger partial charge is 0.256 e. The van der Waals surface area contributed by atoms with Crippen molar-refractivity contribution in [3.63, 3.8) is 0 Å². The van der Waals surface area contributed by atoms with Crippen LogP contribution in [-0.4, -0.2) is 42.9 Å². The van der Waals surface area contributed by atoms with Gasteiger partial charge in [-0.25, -0.2) is 0 Å². The summed E-state index contributed by atoms with van der Waals surface area (Å²) < 4.78 is 0. The van der Waals surface area contributed by atoms with Gasteiger partial charge in [0.05, 0.1) is 11.4 Å². The van der Waals surface area contributed by atoms with E-state index in [4.69, 9.17) is 23.2 Å². The lowest BCUT2D eigenvalue weighted by Crippen LogP contribution is -2.48. The standard InChI is InChI=1S/C24H23Cl2N3O2/c1-2-23(30)29-13-11-28(12-14-29)22-10-9-16(25)15-21(22)27-24(31)19-7-3-6-18-17(19)5-4-8-20(18)26/h3-10,15H,2,11-14H2,1H3,(H,27,31). The Morgan fingerprint density at radius 2 is 1.65 bits per heavy atom. The van der Waals surface area contributed by atoms with E-state index < -0.39 is 0 Å². The highest BCUT2D eigenvalue weighted by atomic mass is 35.5. The van der Waals surface area contributed by atoms with E-state index in [1.807, 2.05) is 54.3 Å². The maximum atomic E-state index is 13.2. The highest BCUT2D eigenvalue weighted by Gasteiger charge is 2.23. The van der Waals surface area contributed by atoms with E-state index in [-0.39, 0.29) is 11.8 Å². The Morgan fingerprint density at radius 3 is 2.39 bits per heavy atom. The van der Waals surface area contributed by atoms with Gasteiger partial charge in [-0.05, 0) is 35.7 Å². The minimum atomic E-state index is -0.226. The van der Waals surface area contributed by atoms with E-state index in [9.17, 15) is 9.59 Å². The van der Waals surface area contributed by atoms with Crippen molar-refractivity contribution in [3.8, 4) is 0 Å². The first-order valence-corrected chi connectivity index (χ1v) is 11.0. The Balaban J connectivity index is 1.60. The van der Waals surface area contributed by atoms with Gasteiger partial charge >= 0.3 is 0 Å². The second-order valence-corrected chi connectivity index (χ2v) is 8.32. The fourth-order valence-corrected chi connectivity index (χ4v) is 4.37. The summed E-state index contributed by atoms with van der Waals surface area (Å²) in [5, 5.41) is 5.81. The Labute approximate surface area is 191 Å². The Kier molecular flexibility index (Phi) is 6.35. The third-order valence-electron chi connectivity index (χ3n) is 5.60. The topological polar surface area (TPSA) is 52.7 Å². The van der Waals surface area contributed by atoms with Gasteiger partial charge in [0.1, 0.15) is 0 Å². The molecule has 0 aromatic heterocycles. The van der Waals surface area contributed by atoms with Crippen LogP contribution in [0.3, 0.4) is 0 Å². The van der Waals surface area contributed by atoms with Gasteiger partial charge in [-0.15, -0.1) is 0 Å². The van der Waals surface area contributed by atoms with Crippen molar-refractivity contribution in [1.82, 2.24) is 4.90 Å². The zero-order chi connectivity index (χ0) is 22.0. The van der Waals surface area contributed by atoms with Crippen molar-refractivity contribution in [2.24, 2.45) is 0 Å². The van der Waals surface area contributed by atoms with Crippen LogP contribution in [-0.2, 0) is 4.79 Å². The van der Waals surface area contributed by atoms with Gasteiger partial charge in [-0.3, -0.25) is 9.59 Å². The summed E-state index contributed by atoms with van der Waals surface area (Å²) >= 11 is 12.5. The van der Waals surface area contributed by atoms with E-state index in [2.05, 4.69) is 10.2 Å². The van der Waals surface area contributed by atoms with Gasteiger partial charge in [0.2, 0.25) is 5.91 Å². The second-order valence-electron chi connectivity index (χ2n) is 7.48. The van der Waals surface area contributed by atoms with Crippen LogP contribution in [0.1, 0.15) is 23.7 Å². The third kappa shape index (κ3) is 4.48. The minimum absolute atomic E-state index is 0.166. The van der Waals surface area contributed by atoms with Gasteiger partial charge in [0.15, 0.2) is 0 Å². The van der Waals surface area contributed by atoms with E-state index in [1.54, 1.807) is 12.1 Å². The molecule has 4 rings (SSSR count). The summed E-state index contributed by atoms with van der Waals surface area (Å²) in [6.45, 7) is 4.58. The van der Waals surface area contributed by atoms with Crippen LogP contribution >= 0.6 is 23.2 Å². The van der Waals surface area contributed by atoms with E-state index >= 15 is 0 Å². The molecule has 5 nitrogen and oxygen atoms in total. The predicted molar refractivity (Wildman–Crippen MR) is 127 cm³/mol. The Hall–Kier alpha value is -2.76. The lowest BCUT2D eigenvalue weighted by atomic mass is 10.0. The lowest BCUT2D eigenvalue weighted by Gasteiger charge is -2.37. The van der Waals surface area contributed by atoms with Crippen molar-refractivity contribution in [2.45, 2.75) is 13.3 Å². The highest BCUT2D eigenvalue weighted by Crippen LogP contribution is 2.32. The third-order valence-corrected chi connectivity index (χ3v) is 6.16. The highest BCUT2D eigenvalue weighted by molar-refractivity contribution is 6.36. The summed E-state index contributed by atoms with van der Waals surface area (Å²) in [5.41, 5.74) is 2.08. The molecule has 31 heavy (non-hydrogen) atoms. The first-order valence-electron chi connectivity index (χ1n) is 10.3. The van der Waals surface area contributed by atoms with Crippen LogP contribution in [0.2, 0.25) is 10.0 Å². The maximum Gasteiger partial charge on any atom is 0.256 e. The molecule has 0 spiro atoms. The van der Waals surface area contributed by atoms with Gasteiger partial charge in [0, 0.05) is 53.6 Å². The summed E-state index contributed by atoms with van der Waals surface area (Å²) in [7, 11) is 0. The van der Waals surface area contributed by atoms with Crippen LogP contribution in [0.4, 0.5) is 11.4 Å². The number of carbonyl (C=O) groups excluding carboxylic acids is 2. The van der Waals surface area contributed by atoms with Crippen LogP contribution in [0.15, 0.2) is 54.6 Å². The minimum Gasteiger partial charge on any atom is -0.366 e. The number of hydrogen-bond acceptors (Lipinski definition) is 3. The molecule has 3 aromatic rings. The Bertz CT molecular complexity index is 1140. The number of benzene rings is 3. The number of nitrogens with one attached hydrogen (secondary N) is 1. The number of fused-ring (bicyclic) bond motifs is 1. The molecule has 1 aliphatic rings. The molecule has 2 amide bonds. The van der Waals surface area contributed by atoms with Gasteiger partial charge in [-0.1, -0.05) is 54.4 Å². The van der Waals surface area contributed by atoms with Crippen molar-refractivity contribution < 1.29 is 9.59 Å². The normalized spacial score (nSPS) is 14.0. The SMILES string of the molecule is CCC(=O)N1CCN(c2ccc(Cl)cc2NC(=O)c2cccc3c(Cl)cccc23)CC1. The number of carbonyl (C=O) groups is 2. The van der Waals surface area contributed by atoms with Crippen LogP contribution in [0, 0.1) is 0 Å². The zero-order valence-corrected chi connectivity index (χ0v) is 18.7. The van der Waals surface area contributed by atoms with Crippen LogP contribution in [0.25, 0.3) is 10.8 Å². The van der Waals surface area contributed by atoms with Crippen LogP contribution in [0.5, 0.6) is 0 Å². The largest absolute Gasteiger partial charge is 0.366 e. The molecule has 1 fully saturated rings. The molecule has 0 unspecified atom stereocenters. The number of anilines is 2. The first kappa shape index (κ1) is 21.5. The maximum absolute atomic E-state index is 13.2. The molecule has 3 aromatic carbocycles. The molecule has 1 saturated heterocycles. The fraction of sp³-hybridized carbons (Fsp3) is 0.250. The summed E-state index contributed by atoms with van der Waals surface area (Å²) in [4.78, 5) is 29.2. The molecular formula is C24H23Cl2N3O2. The molecule has 1 heterocycles. The van der Waals surface area contributed by atoms with E-state index in [0.717, 1.165) is 16.5 Å². The number of amides is 2. The van der Waals surface area contributed by atoms with Crippen molar-refractivity contribution >= 4 is 57.2 Å². The molecular weight excluding hydrogens is 433 g/mol. The number of halogens is 2. The van der Waals surface area contributed by atoms with Gasteiger partial charge < -0.3 is 15.1 Å². The number of hydrogen-bond donors (Lipinski definition) is 1. The fourth-order valence-electron chi connectivity index (χ4n) is 3.96. The number of nitrogens with zero attached hydrogens (tertiary/aromatic N) is 2. The van der Waals surface area contributed by atoms with Gasteiger partial charge in [0.25, 0.3) is 5.91 Å². The zero-order valence-electron chi connectivity index (χ0n) is 17.2. The van der Waals surface area contributed by atoms with E-state index in [0.29, 0.717) is 53.9 Å². The summed E-state index contributed by atoms with van der Waals surface area (Å²) in [5.74, 6) is -0.0601. The van der Waals surface area contributed by atoms with Crippen molar-refractivity contribution in [1.29, 1.82) is 0 Å². The number of piperazine rings is 1. The first-order chi connectivity index (χ1) is 15.0. The molecule has 0 aliphatic carbocycles. The van der Waals surface area contributed by atoms with Crippen molar-refractivity contribution in [3.05, 3.63) is 70.2 Å². The molecule has 160 valence electrons. The quantitative estimate of drug-likeness (QED) is 0.568. The average molecular weight is 456 g/mol. The summed E-state index contributed by atoms with van der Waals surface area (Å²) in [6, 6.07) is 16.5. The monoisotopic (exact) mass is 455 g/mol. The van der Waals surface area contributed by atoms with Gasteiger partial charge in [-0.2, -0.15) is 0 Å². The second kappa shape index (κ2) is 9.16. The van der Waals surface area contributed by atoms with Crippen LogP contribution < -0.4 is 10.2 Å². The molecule has 7 heteroatoms. The molecule has 1 aliphatic heterocycles. The number of rotatable bonds is 4. The molecule has 0 bridgehead atoms. The lowest BCUT2D eigenvalue weighted by molar-refractivity contribution is -0.131. The van der Waals surface area contributed by atoms with E-state index in [1.165, 1.54) is 0 Å². The molecule has 0 saturated carbocycles. The summed E-state index contributed by atoms with van der Waals surface area (Å²) in [6.07, 6.45) is 0.511. The van der Waals surface area contributed by atoms with Crippen molar-refractivity contribution in [2.75, 3.05) is 36.4 Å². The molecule has 0 atom stereocenters. The Morgan fingerprint density at radius 1 is 0.935 bits per heavy atom. The predicted octanol–water partition coefficient (Wildman–Crippen LogP) is 5.46.